The molecule has 0 spiro atoms. The van der Waals surface area contributed by atoms with Gasteiger partial charge in [0.25, 0.3) is 0 Å². The average Bonchev–Trinajstić information content (AvgIpc) is 2.88. The number of aromatic nitrogens is 1. The van der Waals surface area contributed by atoms with Crippen molar-refractivity contribution >= 4 is 22.5 Å². The predicted molar refractivity (Wildman–Crippen MR) is 143 cm³/mol. The second kappa shape index (κ2) is 10.3. The number of nitrogens with two attached hydrogens (primary N) is 1. The summed E-state index contributed by atoms with van der Waals surface area (Å²) in [5.74, 6) is -0.734. The molecule has 1 saturated heterocycles. The molecule has 1 aliphatic heterocycles. The summed E-state index contributed by atoms with van der Waals surface area (Å²) in [6.45, 7) is 7.11. The van der Waals surface area contributed by atoms with Crippen LogP contribution in [-0.4, -0.2) is 48.5 Å². The highest BCUT2D eigenvalue weighted by atomic mass is 16.1. The zero-order valence-corrected chi connectivity index (χ0v) is 20.2. The molecular weight excluding hydrogens is 432 g/mol. The van der Waals surface area contributed by atoms with Gasteiger partial charge in [0.05, 0.1) is 11.4 Å². The fraction of sp³-hybridized carbons (Fsp3) is 0.267. The smallest absolute Gasteiger partial charge is 0.229 e. The monoisotopic (exact) mass is 464 g/mol. The number of primary amides is 1. The molecule has 0 bridgehead atoms. The predicted octanol–water partition coefficient (Wildman–Crippen LogP) is 4.53. The van der Waals surface area contributed by atoms with Gasteiger partial charge in [-0.05, 0) is 54.3 Å². The Morgan fingerprint density at radius 1 is 0.886 bits per heavy atom. The largest absolute Gasteiger partial charge is 0.369 e. The number of benzene rings is 3. The lowest BCUT2D eigenvalue weighted by atomic mass is 9.89. The third-order valence-electron chi connectivity index (χ3n) is 6.98. The lowest BCUT2D eigenvalue weighted by Crippen LogP contribution is -2.47. The van der Waals surface area contributed by atoms with Crippen molar-refractivity contribution in [2.75, 3.05) is 37.6 Å². The van der Waals surface area contributed by atoms with E-state index < -0.39 is 5.92 Å². The van der Waals surface area contributed by atoms with Crippen LogP contribution in [0.3, 0.4) is 0 Å². The number of piperazine rings is 1. The molecule has 4 aromatic rings. The molecule has 35 heavy (non-hydrogen) atoms. The van der Waals surface area contributed by atoms with Crippen LogP contribution in [0.4, 0.5) is 5.69 Å². The van der Waals surface area contributed by atoms with E-state index in [-0.39, 0.29) is 5.91 Å². The maximum absolute atomic E-state index is 12.3. The van der Waals surface area contributed by atoms with Gasteiger partial charge in [-0.25, -0.2) is 0 Å². The van der Waals surface area contributed by atoms with Gasteiger partial charge in [-0.15, -0.1) is 0 Å². The van der Waals surface area contributed by atoms with Crippen LogP contribution < -0.4 is 10.6 Å². The Bertz CT molecular complexity index is 1310. The van der Waals surface area contributed by atoms with Gasteiger partial charge >= 0.3 is 0 Å². The summed E-state index contributed by atoms with van der Waals surface area (Å²) < 4.78 is 0. The Kier molecular flexibility index (Phi) is 6.77. The van der Waals surface area contributed by atoms with E-state index in [9.17, 15) is 4.79 Å². The summed E-state index contributed by atoms with van der Waals surface area (Å²) in [5, 5.41) is 1.23. The molecule has 0 radical (unpaired) electrons. The number of carbonyl (C=O) groups excluding carboxylic acids is 1. The van der Waals surface area contributed by atoms with Crippen molar-refractivity contribution in [3.8, 4) is 0 Å². The van der Waals surface area contributed by atoms with Crippen LogP contribution in [0, 0.1) is 6.92 Å². The zero-order valence-electron chi connectivity index (χ0n) is 20.2. The minimum atomic E-state index is -0.418. The molecule has 5 nitrogen and oxygen atoms in total. The Morgan fingerprint density at radius 2 is 1.63 bits per heavy atom. The van der Waals surface area contributed by atoms with Crippen molar-refractivity contribution in [1.82, 2.24) is 9.88 Å². The Labute approximate surface area is 207 Å². The van der Waals surface area contributed by atoms with Gasteiger partial charge in [-0.3, -0.25) is 14.7 Å². The topological polar surface area (TPSA) is 62.5 Å². The van der Waals surface area contributed by atoms with E-state index >= 15 is 0 Å². The molecule has 0 saturated carbocycles. The van der Waals surface area contributed by atoms with Crippen molar-refractivity contribution in [2.45, 2.75) is 19.3 Å². The van der Waals surface area contributed by atoms with Crippen LogP contribution in [0.25, 0.3) is 10.9 Å². The maximum Gasteiger partial charge on any atom is 0.229 e. The molecular formula is C30H32N4O. The zero-order chi connectivity index (χ0) is 24.2. The summed E-state index contributed by atoms with van der Waals surface area (Å²) in [6, 6.07) is 28.8. The minimum absolute atomic E-state index is 0.316. The number of hydrogen-bond acceptors (Lipinski definition) is 4. The number of hydrogen-bond donors (Lipinski definition) is 1. The molecule has 2 N–H and O–H groups in total. The van der Waals surface area contributed by atoms with Gasteiger partial charge in [-0.1, -0.05) is 60.7 Å². The number of aryl methyl sites for hydroxylation is 1. The molecule has 0 aliphatic carbocycles. The number of nitrogens with zero attached hydrogens (tertiary/aromatic N) is 3. The Balaban J connectivity index is 1.22. The van der Waals surface area contributed by atoms with Crippen LogP contribution in [0.1, 0.15) is 28.3 Å². The molecule has 1 fully saturated rings. The molecule has 1 amide bonds. The van der Waals surface area contributed by atoms with Crippen LogP contribution in [-0.2, 0) is 11.2 Å². The lowest BCUT2D eigenvalue weighted by Gasteiger charge is -2.36. The first-order chi connectivity index (χ1) is 17.1. The van der Waals surface area contributed by atoms with Gasteiger partial charge < -0.3 is 10.6 Å². The van der Waals surface area contributed by atoms with Crippen molar-refractivity contribution in [1.29, 1.82) is 0 Å². The average molecular weight is 465 g/mol. The molecule has 1 aliphatic rings. The fourth-order valence-corrected chi connectivity index (χ4v) is 5.11. The second-order valence-electron chi connectivity index (χ2n) is 9.37. The van der Waals surface area contributed by atoms with Gasteiger partial charge in [0.1, 0.15) is 0 Å². The lowest BCUT2D eigenvalue weighted by molar-refractivity contribution is -0.118. The Morgan fingerprint density at radius 3 is 2.40 bits per heavy atom. The maximum atomic E-state index is 12.3. The molecule has 1 aromatic heterocycles. The summed E-state index contributed by atoms with van der Waals surface area (Å²) in [4.78, 5) is 22.0. The van der Waals surface area contributed by atoms with E-state index in [1.54, 1.807) is 0 Å². The first-order valence-corrected chi connectivity index (χ1v) is 12.4. The number of pyridine rings is 1. The highest BCUT2D eigenvalue weighted by molar-refractivity contribution is 5.92. The van der Waals surface area contributed by atoms with Gasteiger partial charge in [0.15, 0.2) is 0 Å². The van der Waals surface area contributed by atoms with Crippen molar-refractivity contribution < 1.29 is 4.79 Å². The van der Waals surface area contributed by atoms with Gasteiger partial charge in [0.2, 0.25) is 5.91 Å². The Hall–Kier alpha value is -3.70. The molecule has 1 unspecified atom stereocenters. The summed E-state index contributed by atoms with van der Waals surface area (Å²) in [6.07, 6.45) is 0.950. The minimum Gasteiger partial charge on any atom is -0.369 e. The fourth-order valence-electron chi connectivity index (χ4n) is 5.11. The summed E-state index contributed by atoms with van der Waals surface area (Å²) in [5.41, 5.74) is 12.3. The summed E-state index contributed by atoms with van der Waals surface area (Å²) >= 11 is 0. The number of amides is 1. The third kappa shape index (κ3) is 5.20. The quantitative estimate of drug-likeness (QED) is 0.437. The standard InChI is InChI=1S/C30H32N4O/c1-22-13-14-26-27(32-22)11-6-12-28(26)34-19-17-33(18-20-34)16-15-23-7-5-10-25(21-23)29(30(31)35)24-8-3-2-4-9-24/h2-14,21,29H,15-20H2,1H3,(H2,31,35). The molecule has 1 atom stereocenters. The van der Waals surface area contributed by atoms with Gasteiger partial charge in [0, 0.05) is 49.5 Å². The van der Waals surface area contributed by atoms with Crippen molar-refractivity contribution in [3.05, 3.63) is 107 Å². The van der Waals surface area contributed by atoms with Crippen LogP contribution in [0.2, 0.25) is 0 Å². The van der Waals surface area contributed by atoms with E-state index in [4.69, 9.17) is 10.7 Å². The first kappa shape index (κ1) is 23.1. The van der Waals surface area contributed by atoms with Crippen LogP contribution in [0.15, 0.2) is 84.9 Å². The van der Waals surface area contributed by atoms with Crippen molar-refractivity contribution in [3.63, 3.8) is 0 Å². The van der Waals surface area contributed by atoms with Crippen LogP contribution >= 0.6 is 0 Å². The molecule has 2 heterocycles. The number of rotatable bonds is 7. The molecule has 5 heteroatoms. The SMILES string of the molecule is Cc1ccc2c(N3CCN(CCc4cccc(C(C(N)=O)c5ccccc5)c4)CC3)cccc2n1. The summed E-state index contributed by atoms with van der Waals surface area (Å²) in [7, 11) is 0. The molecule has 178 valence electrons. The van der Waals surface area contributed by atoms with E-state index in [1.165, 1.54) is 16.6 Å². The normalized spacial score (nSPS) is 15.3. The highest BCUT2D eigenvalue weighted by Crippen LogP contribution is 2.28. The second-order valence-corrected chi connectivity index (χ2v) is 9.37. The molecule has 5 rings (SSSR count). The first-order valence-electron chi connectivity index (χ1n) is 12.4. The van der Waals surface area contributed by atoms with E-state index in [0.29, 0.717) is 0 Å². The highest BCUT2D eigenvalue weighted by Gasteiger charge is 2.21. The number of carbonyl (C=O) groups is 1. The van der Waals surface area contributed by atoms with E-state index in [0.717, 1.165) is 61.5 Å². The third-order valence-corrected chi connectivity index (χ3v) is 6.98. The van der Waals surface area contributed by atoms with Crippen LogP contribution in [0.5, 0.6) is 0 Å². The number of anilines is 1. The van der Waals surface area contributed by atoms with E-state index in [2.05, 4.69) is 52.3 Å². The van der Waals surface area contributed by atoms with E-state index in [1.807, 2.05) is 49.4 Å². The molecule has 3 aromatic carbocycles. The van der Waals surface area contributed by atoms with Gasteiger partial charge in [-0.2, -0.15) is 0 Å². The van der Waals surface area contributed by atoms with Crippen molar-refractivity contribution in [2.24, 2.45) is 5.73 Å². The number of fused-ring (bicyclic) bond motifs is 1.